The topological polar surface area (TPSA) is 54.5 Å². The fraction of sp³-hybridized carbons (Fsp3) is 0.429. The average molecular weight is 351 g/mol. The molecule has 2 aliphatic heterocycles. The molecule has 2 aromatic rings. The summed E-state index contributed by atoms with van der Waals surface area (Å²) in [5, 5.41) is 3.31. The Morgan fingerprint density at radius 1 is 1.15 bits per heavy atom. The average Bonchev–Trinajstić information content (AvgIpc) is 3.01. The molecule has 1 spiro atoms. The van der Waals surface area contributed by atoms with Gasteiger partial charge in [-0.15, -0.1) is 0 Å². The molecule has 26 heavy (non-hydrogen) atoms. The van der Waals surface area contributed by atoms with E-state index in [1.165, 1.54) is 5.56 Å². The zero-order chi connectivity index (χ0) is 18.0. The van der Waals surface area contributed by atoms with Crippen molar-refractivity contribution in [3.63, 3.8) is 0 Å². The number of benzene rings is 1. The second kappa shape index (κ2) is 7.08. The Hall–Kier alpha value is -2.40. The number of nitrogens with zero attached hydrogens (tertiary/aromatic N) is 2. The number of rotatable bonds is 4. The van der Waals surface area contributed by atoms with Crippen molar-refractivity contribution in [1.29, 1.82) is 0 Å². The van der Waals surface area contributed by atoms with E-state index < -0.39 is 0 Å². The zero-order valence-electron chi connectivity index (χ0n) is 15.1. The van der Waals surface area contributed by atoms with Gasteiger partial charge in [-0.2, -0.15) is 0 Å². The molecule has 0 bridgehead atoms. The maximum atomic E-state index is 12.5. The van der Waals surface area contributed by atoms with Crippen LogP contribution in [0.1, 0.15) is 36.3 Å². The molecule has 5 nitrogen and oxygen atoms in total. The van der Waals surface area contributed by atoms with Gasteiger partial charge in [-0.1, -0.05) is 12.1 Å². The summed E-state index contributed by atoms with van der Waals surface area (Å²) in [6.07, 6.45) is 6.45. The van der Waals surface area contributed by atoms with Gasteiger partial charge < -0.3 is 10.1 Å². The molecule has 0 aliphatic carbocycles. The third kappa shape index (κ3) is 3.44. The van der Waals surface area contributed by atoms with Gasteiger partial charge in [-0.05, 0) is 54.7 Å². The predicted molar refractivity (Wildman–Crippen MR) is 100.0 cm³/mol. The number of likely N-dealkylation sites (tertiary alicyclic amines) is 1. The van der Waals surface area contributed by atoms with Crippen molar-refractivity contribution in [3.05, 3.63) is 59.9 Å². The van der Waals surface area contributed by atoms with Gasteiger partial charge in [-0.25, -0.2) is 0 Å². The second-order valence-corrected chi connectivity index (χ2v) is 7.43. The van der Waals surface area contributed by atoms with Gasteiger partial charge in [-0.3, -0.25) is 14.7 Å². The fourth-order valence-electron chi connectivity index (χ4n) is 4.21. The van der Waals surface area contributed by atoms with Gasteiger partial charge in [0.2, 0.25) is 5.91 Å². The molecular formula is C21H25N3O2. The third-order valence-electron chi connectivity index (χ3n) is 5.79. The second-order valence-electron chi connectivity index (χ2n) is 7.43. The van der Waals surface area contributed by atoms with Crippen molar-refractivity contribution >= 4 is 5.91 Å². The lowest BCUT2D eigenvalue weighted by atomic mass is 9.82. The molecule has 0 unspecified atom stereocenters. The van der Waals surface area contributed by atoms with E-state index in [2.05, 4.69) is 27.3 Å². The van der Waals surface area contributed by atoms with Gasteiger partial charge in [0.05, 0.1) is 13.0 Å². The molecule has 2 saturated heterocycles. The molecule has 4 rings (SSSR count). The maximum absolute atomic E-state index is 12.5. The normalized spacial score (nSPS) is 22.3. The Morgan fingerprint density at radius 2 is 1.85 bits per heavy atom. The lowest BCUT2D eigenvalue weighted by Crippen LogP contribution is -2.50. The van der Waals surface area contributed by atoms with E-state index in [4.69, 9.17) is 4.74 Å². The Kier molecular flexibility index (Phi) is 4.64. The van der Waals surface area contributed by atoms with E-state index in [1.807, 2.05) is 24.3 Å². The maximum Gasteiger partial charge on any atom is 0.228 e. The number of hydrogen-bond acceptors (Lipinski definition) is 4. The molecule has 2 aliphatic rings. The predicted octanol–water partition coefficient (Wildman–Crippen LogP) is 2.73. The minimum Gasteiger partial charge on any atom is -0.497 e. The van der Waals surface area contributed by atoms with Crippen LogP contribution in [-0.2, 0) is 11.3 Å². The van der Waals surface area contributed by atoms with Crippen LogP contribution in [0.4, 0.5) is 0 Å². The van der Waals surface area contributed by atoms with E-state index in [0.29, 0.717) is 0 Å². The number of amides is 1. The molecule has 0 saturated carbocycles. The molecular weight excluding hydrogens is 326 g/mol. The van der Waals surface area contributed by atoms with Crippen LogP contribution in [0.3, 0.4) is 0 Å². The van der Waals surface area contributed by atoms with Gasteiger partial charge in [0, 0.05) is 37.6 Å². The van der Waals surface area contributed by atoms with Gasteiger partial charge >= 0.3 is 0 Å². The van der Waals surface area contributed by atoms with E-state index >= 15 is 0 Å². The first-order chi connectivity index (χ1) is 12.7. The highest BCUT2D eigenvalue weighted by atomic mass is 16.5. The van der Waals surface area contributed by atoms with Crippen LogP contribution in [0, 0.1) is 0 Å². The highest BCUT2D eigenvalue weighted by molar-refractivity contribution is 5.87. The highest BCUT2D eigenvalue weighted by Gasteiger charge is 2.46. The van der Waals surface area contributed by atoms with Crippen molar-refractivity contribution < 1.29 is 9.53 Å². The number of hydrogen-bond donors (Lipinski definition) is 1. The first-order valence-electron chi connectivity index (χ1n) is 9.25. The summed E-state index contributed by atoms with van der Waals surface area (Å²) < 4.78 is 5.22. The number of carbonyl (C=O) groups excluding carboxylic acids is 1. The van der Waals surface area contributed by atoms with E-state index in [-0.39, 0.29) is 17.4 Å². The monoisotopic (exact) mass is 351 g/mol. The SMILES string of the molecule is COc1ccc(CN2CCC3(CC2)C[C@H](c2ccncc2)C(=O)N3)cc1. The molecule has 1 aromatic carbocycles. The number of pyridine rings is 1. The van der Waals surface area contributed by atoms with Crippen LogP contribution in [0.2, 0.25) is 0 Å². The Labute approximate surface area is 154 Å². The first kappa shape index (κ1) is 17.0. The van der Waals surface area contributed by atoms with Gasteiger partial charge in [0.25, 0.3) is 0 Å². The summed E-state index contributed by atoms with van der Waals surface area (Å²) in [6, 6.07) is 12.2. The largest absolute Gasteiger partial charge is 0.497 e. The summed E-state index contributed by atoms with van der Waals surface area (Å²) in [6.45, 7) is 2.96. The van der Waals surface area contributed by atoms with Crippen LogP contribution in [-0.4, -0.2) is 41.5 Å². The van der Waals surface area contributed by atoms with Crippen molar-refractivity contribution in [3.8, 4) is 5.75 Å². The van der Waals surface area contributed by atoms with Crippen LogP contribution in [0.5, 0.6) is 5.75 Å². The summed E-state index contributed by atoms with van der Waals surface area (Å²) in [4.78, 5) is 19.1. The van der Waals surface area contributed by atoms with Crippen molar-refractivity contribution in [2.24, 2.45) is 0 Å². The smallest absolute Gasteiger partial charge is 0.228 e. The first-order valence-corrected chi connectivity index (χ1v) is 9.25. The number of carbonyl (C=O) groups is 1. The molecule has 3 heterocycles. The minimum absolute atomic E-state index is 0.0360. The van der Waals surface area contributed by atoms with Gasteiger partial charge in [0.15, 0.2) is 0 Å². The molecule has 1 atom stereocenters. The van der Waals surface area contributed by atoms with Crippen LogP contribution >= 0.6 is 0 Å². The Bertz CT molecular complexity index is 753. The molecule has 1 aromatic heterocycles. The van der Waals surface area contributed by atoms with Gasteiger partial charge in [0.1, 0.15) is 5.75 Å². The summed E-state index contributed by atoms with van der Waals surface area (Å²) in [7, 11) is 1.69. The molecule has 1 amide bonds. The number of piperidine rings is 1. The summed E-state index contributed by atoms with van der Waals surface area (Å²) in [5.41, 5.74) is 2.34. The highest BCUT2D eigenvalue weighted by Crippen LogP contribution is 2.39. The fourth-order valence-corrected chi connectivity index (χ4v) is 4.21. The van der Waals surface area contributed by atoms with Crippen molar-refractivity contribution in [2.45, 2.75) is 37.3 Å². The van der Waals surface area contributed by atoms with E-state index in [0.717, 1.165) is 50.2 Å². The zero-order valence-corrected chi connectivity index (χ0v) is 15.1. The molecule has 1 N–H and O–H groups in total. The Balaban J connectivity index is 1.36. The van der Waals surface area contributed by atoms with E-state index in [1.54, 1.807) is 19.5 Å². The standard InChI is InChI=1S/C21H25N3O2/c1-26-18-4-2-16(3-5-18)15-24-12-8-21(9-13-24)14-19(20(25)23-21)17-6-10-22-11-7-17/h2-7,10-11,19H,8-9,12-15H2,1H3,(H,23,25)/t19-/m1/s1. The summed E-state index contributed by atoms with van der Waals surface area (Å²) in [5.74, 6) is 1.02. The van der Waals surface area contributed by atoms with Crippen LogP contribution in [0.25, 0.3) is 0 Å². The summed E-state index contributed by atoms with van der Waals surface area (Å²) >= 11 is 0. The number of nitrogens with one attached hydrogen (secondary N) is 1. The van der Waals surface area contributed by atoms with E-state index in [9.17, 15) is 4.79 Å². The molecule has 5 heteroatoms. The third-order valence-corrected chi connectivity index (χ3v) is 5.79. The lowest BCUT2D eigenvalue weighted by molar-refractivity contribution is -0.121. The minimum atomic E-state index is -0.0402. The molecule has 136 valence electrons. The number of ether oxygens (including phenoxy) is 1. The Morgan fingerprint density at radius 3 is 2.50 bits per heavy atom. The lowest BCUT2D eigenvalue weighted by Gasteiger charge is -2.39. The number of methoxy groups -OCH3 is 1. The van der Waals surface area contributed by atoms with Crippen LogP contribution < -0.4 is 10.1 Å². The van der Waals surface area contributed by atoms with Crippen LogP contribution in [0.15, 0.2) is 48.8 Å². The molecule has 2 fully saturated rings. The quantitative estimate of drug-likeness (QED) is 0.920. The number of aromatic nitrogens is 1. The van der Waals surface area contributed by atoms with Crippen molar-refractivity contribution in [2.75, 3.05) is 20.2 Å². The molecule has 0 radical (unpaired) electrons. The van der Waals surface area contributed by atoms with Crippen molar-refractivity contribution in [1.82, 2.24) is 15.2 Å².